The quantitative estimate of drug-likeness (QED) is 0.0490. The van der Waals surface area contributed by atoms with Crippen LogP contribution in [-0.4, -0.2) is 33.1 Å². The first-order valence-electron chi connectivity index (χ1n) is 35.2. The summed E-state index contributed by atoms with van der Waals surface area (Å²) in [6.07, 6.45) is 69.6. The van der Waals surface area contributed by atoms with E-state index in [0.29, 0.717) is 4.90 Å². The van der Waals surface area contributed by atoms with Crippen LogP contribution in [0.3, 0.4) is 0 Å². The fraction of sp³-hybridized carbons (Fsp3) is 0.861. The van der Waals surface area contributed by atoms with Crippen molar-refractivity contribution in [3.63, 3.8) is 0 Å². The molecule has 0 aliphatic rings. The van der Waals surface area contributed by atoms with Crippen LogP contribution < -0.4 is 0 Å². The molecule has 5 heteroatoms. The summed E-state index contributed by atoms with van der Waals surface area (Å²) in [6, 6.07) is 8.78. The molecule has 0 atom stereocenters. The summed E-state index contributed by atoms with van der Waals surface area (Å²) < 4.78 is 39.6. The Morgan fingerprint density at radius 2 is 0.545 bits per heavy atom. The zero-order valence-electron chi connectivity index (χ0n) is 53.3. The molecular weight excluding hydrogens is 976 g/mol. The molecule has 452 valence electrons. The van der Waals surface area contributed by atoms with Gasteiger partial charge in [0.15, 0.2) is 0 Å². The van der Waals surface area contributed by atoms with Crippen LogP contribution >= 0.6 is 6.83 Å². The fourth-order valence-corrected chi connectivity index (χ4v) is 23.0. The van der Waals surface area contributed by atoms with E-state index in [1.54, 1.807) is 0 Å². The van der Waals surface area contributed by atoms with Gasteiger partial charge in [0.1, 0.15) is 0 Å². The molecule has 0 amide bonds. The molecule has 0 heterocycles. The molecule has 0 bridgehead atoms. The van der Waals surface area contributed by atoms with Crippen molar-refractivity contribution in [1.82, 2.24) is 0 Å². The van der Waals surface area contributed by atoms with E-state index in [1.165, 1.54) is 273 Å². The molecule has 2 rings (SSSR count). The van der Waals surface area contributed by atoms with E-state index in [-0.39, 0.29) is 0 Å². The van der Waals surface area contributed by atoms with E-state index in [9.17, 15) is 0 Å². The van der Waals surface area contributed by atoms with Gasteiger partial charge in [0.05, 0.1) is 0 Å². The van der Waals surface area contributed by atoms with Crippen molar-refractivity contribution in [2.45, 2.75) is 381 Å². The summed E-state index contributed by atoms with van der Waals surface area (Å²) in [5.74, 6) is 0. The van der Waals surface area contributed by atoms with Crippen LogP contribution in [0.2, 0.25) is 0 Å². The Kier molecular flexibility index (Phi) is 44.5. The number of hydrogen-bond acceptors (Lipinski definition) is 3. The van der Waals surface area contributed by atoms with Crippen molar-refractivity contribution < 1.29 is 12.4 Å². The predicted molar refractivity (Wildman–Crippen MR) is 351 cm³/mol. The molecule has 77 heavy (non-hydrogen) atoms. The second kappa shape index (κ2) is 47.5. The van der Waals surface area contributed by atoms with E-state index in [2.05, 4.69) is 72.7 Å². The Bertz CT molecular complexity index is 1740. The summed E-state index contributed by atoms with van der Waals surface area (Å²) >= 11 is 0. The van der Waals surface area contributed by atoms with Crippen LogP contribution in [0.25, 0.3) is 10.8 Å². The van der Waals surface area contributed by atoms with Gasteiger partial charge in [-0.15, -0.1) is 0 Å². The summed E-state index contributed by atoms with van der Waals surface area (Å²) in [4.78, 5) is 0.583. The van der Waals surface area contributed by atoms with Gasteiger partial charge in [-0.2, -0.15) is 0 Å². The normalized spacial score (nSPS) is 12.8. The Balaban J connectivity index is 2.48. The minimum absolute atomic E-state index is 0.583. The smallest absolute Gasteiger partial charge is 0.0654 e. The van der Waals surface area contributed by atoms with Gasteiger partial charge < -0.3 is 0 Å². The third-order valence-electron chi connectivity index (χ3n) is 18.4. The van der Waals surface area contributed by atoms with Crippen LogP contribution in [-0.2, 0) is 33.4 Å². The van der Waals surface area contributed by atoms with Crippen molar-refractivity contribution in [3.05, 3.63) is 41.0 Å². The van der Waals surface area contributed by atoms with Gasteiger partial charge >= 0.3 is 312 Å². The molecule has 0 spiro atoms. The van der Waals surface area contributed by atoms with Crippen LogP contribution in [0.5, 0.6) is 0 Å². The summed E-state index contributed by atoms with van der Waals surface area (Å²) in [5.41, 5.74) is 4.04. The van der Waals surface area contributed by atoms with E-state index >= 15 is 8.42 Å². The number of unbranched alkanes of at least 4 members (excludes halogenated alkanes) is 42. The molecule has 0 fully saturated rings. The molecule has 0 N–H and O–H groups in total. The van der Waals surface area contributed by atoms with Gasteiger partial charge in [0, 0.05) is 0 Å². The first kappa shape index (κ1) is 72.1. The first-order chi connectivity index (χ1) is 37.7. The molecule has 0 unspecified atom stereocenters. The molecular formula is C72H135O3PS. The standard InChI is InChI=1S/C72H135O3PS/c1-8-15-21-24-27-30-33-36-39-42-45-48-51-54-59-67-68(60-55-52-49-46-43-40-37-34-31-28-25-22-16-9-2)70(62-56-53-50-47-44-41-38-35-32-29-26-23-17-10-3)72(71-63-58-57-61-69(67)71)77(73,74)75-76(14-7,64-18-11-4,65-19-12-5)66-20-13-6/h57-58,61,63H,8-56,59-60,62,64-66H2,1-7H3. The van der Waals surface area contributed by atoms with Gasteiger partial charge in [0.25, 0.3) is 0 Å². The van der Waals surface area contributed by atoms with Crippen LogP contribution in [0.1, 0.15) is 373 Å². The maximum absolute atomic E-state index is 16.1. The van der Waals surface area contributed by atoms with Crippen molar-refractivity contribution in [3.8, 4) is 0 Å². The molecule has 0 saturated carbocycles. The molecule has 0 aromatic heterocycles. The van der Waals surface area contributed by atoms with Crippen LogP contribution in [0.15, 0.2) is 29.2 Å². The molecule has 2 aromatic carbocycles. The zero-order valence-corrected chi connectivity index (χ0v) is 55.0. The molecule has 0 aliphatic heterocycles. The average molecular weight is 1110 g/mol. The zero-order chi connectivity index (χ0) is 55.8. The molecule has 2 aromatic rings. The van der Waals surface area contributed by atoms with E-state index in [1.807, 2.05) is 0 Å². The van der Waals surface area contributed by atoms with Crippen molar-refractivity contribution in [2.24, 2.45) is 0 Å². The number of aryl methyl sites for hydroxylation is 1. The molecule has 0 radical (unpaired) electrons. The van der Waals surface area contributed by atoms with E-state index < -0.39 is 16.9 Å². The molecule has 0 aliphatic carbocycles. The average Bonchev–Trinajstić information content (AvgIpc) is 3.43. The number of rotatable bonds is 58. The Labute approximate surface area is 483 Å². The maximum atomic E-state index is 16.1. The van der Waals surface area contributed by atoms with Crippen molar-refractivity contribution >= 4 is 27.7 Å². The third kappa shape index (κ3) is 31.3. The van der Waals surface area contributed by atoms with Gasteiger partial charge in [-0.3, -0.25) is 0 Å². The Hall–Kier alpha value is -0.960. The number of fused-ring (bicyclic) bond motifs is 1. The minimum atomic E-state index is -4.10. The monoisotopic (exact) mass is 1110 g/mol. The third-order valence-corrected chi connectivity index (χ3v) is 27.8. The second-order valence-electron chi connectivity index (χ2n) is 25.3. The van der Waals surface area contributed by atoms with Crippen LogP contribution in [0, 0.1) is 0 Å². The van der Waals surface area contributed by atoms with Gasteiger partial charge in [-0.25, -0.2) is 0 Å². The second-order valence-corrected chi connectivity index (χ2v) is 32.9. The summed E-state index contributed by atoms with van der Waals surface area (Å²) in [7, 11) is -4.10. The number of benzene rings is 2. The molecule has 0 saturated heterocycles. The summed E-state index contributed by atoms with van der Waals surface area (Å²) in [5, 5.41) is 2.15. The van der Waals surface area contributed by atoms with E-state index in [4.69, 9.17) is 3.97 Å². The predicted octanol–water partition coefficient (Wildman–Crippen LogP) is 25.5. The first-order valence-corrected chi connectivity index (χ1v) is 39.5. The van der Waals surface area contributed by atoms with Crippen molar-refractivity contribution in [1.29, 1.82) is 0 Å². The van der Waals surface area contributed by atoms with Gasteiger partial charge in [0.2, 0.25) is 0 Å². The fourth-order valence-electron chi connectivity index (χ4n) is 13.2. The Morgan fingerprint density at radius 3 is 0.831 bits per heavy atom. The summed E-state index contributed by atoms with van der Waals surface area (Å²) in [6.45, 7) is 12.9. The van der Waals surface area contributed by atoms with Crippen LogP contribution in [0.4, 0.5) is 0 Å². The number of hydrogen-bond donors (Lipinski definition) is 0. The SMILES string of the molecule is CCCCCCCCCCCCCCCCc1c(CCCCCCCCCCCCCCCC)c(S(=O)(=O)OP(CC)(CCCC)(CCCC)CCCC)c2ccccc2c1CCCCCCCCCCCCCCCC. The topological polar surface area (TPSA) is 43.4 Å². The van der Waals surface area contributed by atoms with Gasteiger partial charge in [-0.1, -0.05) is 175 Å². The Morgan fingerprint density at radius 1 is 0.299 bits per heavy atom. The minimum Gasteiger partial charge on any atom is -0.0654 e. The van der Waals surface area contributed by atoms with E-state index in [0.717, 1.165) is 106 Å². The van der Waals surface area contributed by atoms with Gasteiger partial charge in [-0.05, 0) is 0 Å². The molecule has 3 nitrogen and oxygen atoms in total. The van der Waals surface area contributed by atoms with Crippen molar-refractivity contribution in [2.75, 3.05) is 24.6 Å².